The van der Waals surface area contributed by atoms with Gasteiger partial charge in [0, 0.05) is 6.54 Å². The molecule has 1 amide bonds. The van der Waals surface area contributed by atoms with Crippen molar-refractivity contribution in [1.29, 1.82) is 0 Å². The summed E-state index contributed by atoms with van der Waals surface area (Å²) >= 11 is 5.69. The quantitative estimate of drug-likeness (QED) is 0.794. The molecule has 1 fully saturated rings. The van der Waals surface area contributed by atoms with Crippen LogP contribution in [0.15, 0.2) is 18.3 Å². The van der Waals surface area contributed by atoms with Gasteiger partial charge in [0.05, 0.1) is 17.3 Å². The van der Waals surface area contributed by atoms with E-state index in [9.17, 15) is 4.79 Å². The van der Waals surface area contributed by atoms with Crippen LogP contribution in [-0.4, -0.2) is 24.0 Å². The molecule has 0 spiro atoms. The predicted molar refractivity (Wildman–Crippen MR) is 68.1 cm³/mol. The predicted octanol–water partition coefficient (Wildman–Crippen LogP) is 2.06. The SMILES string of the molecule is CC1(C(=O)Nc2ccc(Cl)nc2)CCCNC1. The van der Waals surface area contributed by atoms with Crippen LogP contribution >= 0.6 is 11.6 Å². The Morgan fingerprint density at radius 3 is 3.00 bits per heavy atom. The zero-order chi connectivity index (χ0) is 12.3. The second-order valence-electron chi connectivity index (χ2n) is 4.66. The molecule has 92 valence electrons. The number of piperidine rings is 1. The number of nitrogens with zero attached hydrogens (tertiary/aromatic N) is 1. The minimum Gasteiger partial charge on any atom is -0.324 e. The maximum atomic E-state index is 12.2. The third-order valence-corrected chi connectivity index (χ3v) is 3.35. The molecule has 0 aromatic carbocycles. The Hall–Kier alpha value is -1.13. The lowest BCUT2D eigenvalue weighted by molar-refractivity contribution is -0.125. The van der Waals surface area contributed by atoms with E-state index >= 15 is 0 Å². The molecule has 0 bridgehead atoms. The van der Waals surface area contributed by atoms with E-state index in [0.717, 1.165) is 25.9 Å². The van der Waals surface area contributed by atoms with Gasteiger partial charge < -0.3 is 10.6 Å². The van der Waals surface area contributed by atoms with Gasteiger partial charge in [0.15, 0.2) is 0 Å². The fourth-order valence-electron chi connectivity index (χ4n) is 1.98. The molecule has 2 N–H and O–H groups in total. The molecule has 1 saturated heterocycles. The summed E-state index contributed by atoms with van der Waals surface area (Å²) in [7, 11) is 0. The van der Waals surface area contributed by atoms with Gasteiger partial charge in [-0.2, -0.15) is 0 Å². The Kier molecular flexibility index (Phi) is 3.64. The van der Waals surface area contributed by atoms with Crippen molar-refractivity contribution in [2.75, 3.05) is 18.4 Å². The van der Waals surface area contributed by atoms with Crippen molar-refractivity contribution in [3.05, 3.63) is 23.5 Å². The van der Waals surface area contributed by atoms with Gasteiger partial charge in [0.25, 0.3) is 0 Å². The zero-order valence-electron chi connectivity index (χ0n) is 9.79. The number of carbonyl (C=O) groups is 1. The number of aromatic nitrogens is 1. The van der Waals surface area contributed by atoms with Crippen LogP contribution in [0.25, 0.3) is 0 Å². The molecule has 0 radical (unpaired) electrons. The van der Waals surface area contributed by atoms with Gasteiger partial charge in [-0.15, -0.1) is 0 Å². The van der Waals surface area contributed by atoms with Gasteiger partial charge >= 0.3 is 0 Å². The monoisotopic (exact) mass is 253 g/mol. The summed E-state index contributed by atoms with van der Waals surface area (Å²) in [5.74, 6) is 0.0359. The molecule has 1 unspecified atom stereocenters. The molecule has 1 atom stereocenters. The summed E-state index contributed by atoms with van der Waals surface area (Å²) in [6.45, 7) is 3.70. The van der Waals surface area contributed by atoms with E-state index in [0.29, 0.717) is 10.8 Å². The Balaban J connectivity index is 2.03. The van der Waals surface area contributed by atoms with Crippen LogP contribution in [0.4, 0.5) is 5.69 Å². The number of rotatable bonds is 2. The molecule has 1 aliphatic heterocycles. The van der Waals surface area contributed by atoms with Crippen LogP contribution in [-0.2, 0) is 4.79 Å². The Labute approximate surface area is 106 Å². The van der Waals surface area contributed by atoms with E-state index in [-0.39, 0.29) is 11.3 Å². The van der Waals surface area contributed by atoms with Gasteiger partial charge in [-0.3, -0.25) is 4.79 Å². The molecule has 0 aliphatic carbocycles. The van der Waals surface area contributed by atoms with Crippen molar-refractivity contribution >= 4 is 23.2 Å². The number of anilines is 1. The van der Waals surface area contributed by atoms with Crippen LogP contribution in [0.1, 0.15) is 19.8 Å². The number of nitrogens with one attached hydrogen (secondary N) is 2. The van der Waals surface area contributed by atoms with Crippen molar-refractivity contribution in [3.8, 4) is 0 Å². The molecule has 1 aromatic heterocycles. The van der Waals surface area contributed by atoms with Crippen LogP contribution in [0.2, 0.25) is 5.15 Å². The lowest BCUT2D eigenvalue weighted by Gasteiger charge is -2.32. The van der Waals surface area contributed by atoms with Gasteiger partial charge in [-0.25, -0.2) is 4.98 Å². The third kappa shape index (κ3) is 2.96. The zero-order valence-corrected chi connectivity index (χ0v) is 10.5. The van der Waals surface area contributed by atoms with Crippen LogP contribution in [0.5, 0.6) is 0 Å². The first-order valence-corrected chi connectivity index (χ1v) is 6.12. The van der Waals surface area contributed by atoms with E-state index in [2.05, 4.69) is 15.6 Å². The van der Waals surface area contributed by atoms with E-state index in [1.54, 1.807) is 18.3 Å². The summed E-state index contributed by atoms with van der Waals surface area (Å²) in [6, 6.07) is 3.42. The van der Waals surface area contributed by atoms with Crippen molar-refractivity contribution < 1.29 is 4.79 Å². The molecule has 1 aromatic rings. The minimum atomic E-state index is -0.335. The average Bonchev–Trinajstić information content (AvgIpc) is 2.33. The minimum absolute atomic E-state index is 0.0359. The summed E-state index contributed by atoms with van der Waals surface area (Å²) in [5.41, 5.74) is 0.351. The van der Waals surface area contributed by atoms with Crippen molar-refractivity contribution in [2.24, 2.45) is 5.41 Å². The summed E-state index contributed by atoms with van der Waals surface area (Å²) in [5, 5.41) is 6.56. The van der Waals surface area contributed by atoms with Crippen molar-refractivity contribution in [3.63, 3.8) is 0 Å². The smallest absolute Gasteiger partial charge is 0.231 e. The highest BCUT2D eigenvalue weighted by atomic mass is 35.5. The number of amides is 1. The van der Waals surface area contributed by atoms with Crippen LogP contribution in [0, 0.1) is 5.41 Å². The maximum Gasteiger partial charge on any atom is 0.231 e. The molecule has 2 rings (SSSR count). The van der Waals surface area contributed by atoms with Gasteiger partial charge in [-0.05, 0) is 38.4 Å². The second kappa shape index (κ2) is 5.02. The number of hydrogen-bond donors (Lipinski definition) is 2. The van der Waals surface area contributed by atoms with Gasteiger partial charge in [-0.1, -0.05) is 11.6 Å². The standard InChI is InChI=1S/C12H16ClN3O/c1-12(5-2-6-14-8-12)11(17)16-9-3-4-10(13)15-7-9/h3-4,7,14H,2,5-6,8H2,1H3,(H,16,17). The molecule has 1 aliphatic rings. The molecule has 17 heavy (non-hydrogen) atoms. The first-order chi connectivity index (χ1) is 8.10. The third-order valence-electron chi connectivity index (χ3n) is 3.13. The fourth-order valence-corrected chi connectivity index (χ4v) is 2.09. The summed E-state index contributed by atoms with van der Waals surface area (Å²) < 4.78 is 0. The Bertz CT molecular complexity index is 399. The van der Waals surface area contributed by atoms with Crippen LogP contribution < -0.4 is 10.6 Å². The highest BCUT2D eigenvalue weighted by molar-refractivity contribution is 6.29. The Morgan fingerprint density at radius 2 is 2.41 bits per heavy atom. The summed E-state index contributed by atoms with van der Waals surface area (Å²) in [6.07, 6.45) is 3.51. The van der Waals surface area contributed by atoms with E-state index in [1.165, 1.54) is 0 Å². The van der Waals surface area contributed by atoms with E-state index in [1.807, 2.05) is 6.92 Å². The van der Waals surface area contributed by atoms with Gasteiger partial charge in [0.2, 0.25) is 5.91 Å². The molecule has 5 heteroatoms. The number of hydrogen-bond acceptors (Lipinski definition) is 3. The van der Waals surface area contributed by atoms with Crippen molar-refractivity contribution in [2.45, 2.75) is 19.8 Å². The van der Waals surface area contributed by atoms with Crippen molar-refractivity contribution in [1.82, 2.24) is 10.3 Å². The topological polar surface area (TPSA) is 54.0 Å². The number of carbonyl (C=O) groups excluding carboxylic acids is 1. The average molecular weight is 254 g/mol. The van der Waals surface area contributed by atoms with Gasteiger partial charge in [0.1, 0.15) is 5.15 Å². The Morgan fingerprint density at radius 1 is 1.59 bits per heavy atom. The highest BCUT2D eigenvalue weighted by Gasteiger charge is 2.34. The fraction of sp³-hybridized carbons (Fsp3) is 0.500. The first-order valence-electron chi connectivity index (χ1n) is 5.74. The molecule has 0 saturated carbocycles. The number of halogens is 1. The molecular weight excluding hydrogens is 238 g/mol. The van der Waals surface area contributed by atoms with E-state index < -0.39 is 0 Å². The summed E-state index contributed by atoms with van der Waals surface area (Å²) in [4.78, 5) is 16.1. The molecule has 4 nitrogen and oxygen atoms in total. The lowest BCUT2D eigenvalue weighted by Crippen LogP contribution is -2.46. The second-order valence-corrected chi connectivity index (χ2v) is 5.05. The van der Waals surface area contributed by atoms with E-state index in [4.69, 9.17) is 11.6 Å². The highest BCUT2D eigenvalue weighted by Crippen LogP contribution is 2.27. The first kappa shape index (κ1) is 12.3. The maximum absolute atomic E-state index is 12.2. The number of pyridine rings is 1. The van der Waals surface area contributed by atoms with Crippen LogP contribution in [0.3, 0.4) is 0 Å². The normalized spacial score (nSPS) is 24.4. The largest absolute Gasteiger partial charge is 0.324 e. The molecular formula is C12H16ClN3O. The lowest BCUT2D eigenvalue weighted by atomic mass is 9.82. The molecule has 2 heterocycles.